The van der Waals surface area contributed by atoms with Crippen LogP contribution in [-0.4, -0.2) is 18.0 Å². The van der Waals surface area contributed by atoms with Crippen molar-refractivity contribution in [3.05, 3.63) is 233 Å². The fraction of sp³-hybridized carbons (Fsp3) is 0.0606. The maximum Gasteiger partial charge on any atom is 0.253 e. The highest BCUT2D eigenvalue weighted by Crippen LogP contribution is 2.51. The van der Waals surface area contributed by atoms with Crippen LogP contribution in [0.25, 0.3) is 27.5 Å². The molecule has 0 fully saturated rings. The summed E-state index contributed by atoms with van der Waals surface area (Å²) in [5.41, 5.74) is 26.4. The molecule has 0 bridgehead atoms. The minimum atomic E-state index is 0.00698. The molecule has 0 radical (unpaired) electrons. The van der Waals surface area contributed by atoms with Crippen LogP contribution in [0.1, 0.15) is 20.9 Å². The third-order valence-electron chi connectivity index (χ3n) is 16.7. The first-order chi connectivity index (χ1) is 36.9. The first-order valence-electron chi connectivity index (χ1n) is 26.0. The van der Waals surface area contributed by atoms with E-state index in [-0.39, 0.29) is 13.4 Å². The predicted octanol–water partition coefficient (Wildman–Crippen LogP) is 14.3. The van der Waals surface area contributed by atoms with Crippen molar-refractivity contribution < 1.29 is 0 Å². The average Bonchev–Trinajstić information content (AvgIpc) is 4.20. The van der Waals surface area contributed by atoms with E-state index in [0.717, 1.165) is 17.1 Å². The molecule has 354 valence electrons. The van der Waals surface area contributed by atoms with Crippen LogP contribution in [0.2, 0.25) is 0 Å². The number of hydrogen-bond acceptors (Lipinski definition) is 6. The van der Waals surface area contributed by atoms with Crippen molar-refractivity contribution in [2.45, 2.75) is 27.7 Å². The summed E-state index contributed by atoms with van der Waals surface area (Å²) in [5, 5.41) is 5.12. The maximum atomic E-state index is 2.61. The first kappa shape index (κ1) is 43.0. The van der Waals surface area contributed by atoms with Crippen molar-refractivity contribution in [1.82, 2.24) is 4.57 Å². The second-order valence-corrected chi connectivity index (χ2v) is 22.9. The van der Waals surface area contributed by atoms with Crippen LogP contribution < -0.4 is 52.4 Å². The van der Waals surface area contributed by atoms with Gasteiger partial charge in [0.05, 0.1) is 21.0 Å². The molecular weight excluding hydrogens is 949 g/mol. The van der Waals surface area contributed by atoms with E-state index in [2.05, 4.69) is 264 Å². The van der Waals surface area contributed by atoms with Gasteiger partial charge in [0.1, 0.15) is 0 Å². The standard InChI is InChI=1S/C66H47B2N5S2/c1-40-42(3)74-65-61(40)67-51-36-49-50-37-52-60(70(45-24-12-6-13-25-45)54-33-21-35-56-64(54)68(52)62-41(2)43(4)75-66(62)73(56)48-30-18-9-19-31-48)39-58(50)71(46-26-14-7-15-27-46)57(49)38-59(51)69(44-22-10-5-11-23-44)53-32-20-34-55(63(53)67)72(65)47-28-16-8-17-29-47/h5-39H,1-4H3. The molecule has 0 aliphatic carbocycles. The van der Waals surface area contributed by atoms with Gasteiger partial charge in [-0.25, -0.2) is 0 Å². The molecule has 0 saturated carbocycles. The Morgan fingerprint density at radius 1 is 0.307 bits per heavy atom. The molecule has 9 aromatic carbocycles. The van der Waals surface area contributed by atoms with Crippen molar-refractivity contribution in [2.75, 3.05) is 19.6 Å². The fourth-order valence-electron chi connectivity index (χ4n) is 13.3. The van der Waals surface area contributed by atoms with Crippen LogP contribution in [0.4, 0.5) is 66.9 Å². The van der Waals surface area contributed by atoms with E-state index < -0.39 is 0 Å². The number of anilines is 12. The van der Waals surface area contributed by atoms with E-state index in [4.69, 9.17) is 0 Å². The molecule has 12 aromatic rings. The Bertz CT molecular complexity index is 4070. The van der Waals surface area contributed by atoms with Crippen molar-refractivity contribution in [2.24, 2.45) is 0 Å². The Hall–Kier alpha value is -8.49. The lowest BCUT2D eigenvalue weighted by Gasteiger charge is -2.43. The zero-order chi connectivity index (χ0) is 49.8. The van der Waals surface area contributed by atoms with Crippen molar-refractivity contribution >= 4 is 158 Å². The Balaban J connectivity index is 1.04. The summed E-state index contributed by atoms with van der Waals surface area (Å²) in [6, 6.07) is 79.2. The van der Waals surface area contributed by atoms with E-state index >= 15 is 0 Å². The summed E-state index contributed by atoms with van der Waals surface area (Å²) in [5.74, 6) is 0. The topological polar surface area (TPSA) is 17.9 Å². The SMILES string of the molecule is Cc1sc2c(c1C)B1c3cc4c5cc6c(cc5n(-c5ccccc5)c4cc3N(c3ccccc3)c3cccc(c31)N2c1ccccc1)N(c1ccccc1)c1cccc2c1B6c1c(sc(C)c1C)N2c1ccccc1. The smallest absolute Gasteiger partial charge is 0.253 e. The number of para-hydroxylation sites is 5. The lowest BCUT2D eigenvalue weighted by Crippen LogP contribution is -2.61. The van der Waals surface area contributed by atoms with Crippen LogP contribution in [-0.2, 0) is 0 Å². The van der Waals surface area contributed by atoms with Gasteiger partial charge in [0.2, 0.25) is 0 Å². The number of hydrogen-bond donors (Lipinski definition) is 0. The predicted molar refractivity (Wildman–Crippen MR) is 324 cm³/mol. The third-order valence-corrected chi connectivity index (χ3v) is 19.1. The molecule has 9 heteroatoms. The minimum absolute atomic E-state index is 0.00698. The molecule has 0 atom stereocenters. The van der Waals surface area contributed by atoms with Gasteiger partial charge in [0, 0.05) is 83.1 Å². The van der Waals surface area contributed by atoms with Gasteiger partial charge in [-0.05, 0) is 169 Å². The zero-order valence-corrected chi connectivity index (χ0v) is 43.5. The number of thiophene rings is 2. The number of aromatic nitrogens is 1. The van der Waals surface area contributed by atoms with Gasteiger partial charge < -0.3 is 24.2 Å². The van der Waals surface area contributed by atoms with E-state index in [1.54, 1.807) is 0 Å². The zero-order valence-electron chi connectivity index (χ0n) is 41.9. The van der Waals surface area contributed by atoms with Crippen LogP contribution >= 0.6 is 22.7 Å². The van der Waals surface area contributed by atoms with Gasteiger partial charge in [-0.2, -0.15) is 0 Å². The van der Waals surface area contributed by atoms with Crippen LogP contribution in [0.3, 0.4) is 0 Å². The van der Waals surface area contributed by atoms with Crippen molar-refractivity contribution in [3.63, 3.8) is 0 Å². The number of aryl methyl sites for hydroxylation is 2. The summed E-state index contributed by atoms with van der Waals surface area (Å²) in [7, 11) is 0. The van der Waals surface area contributed by atoms with Gasteiger partial charge in [-0.3, -0.25) is 0 Å². The minimum Gasteiger partial charge on any atom is -0.311 e. The fourth-order valence-corrected chi connectivity index (χ4v) is 15.8. The van der Waals surface area contributed by atoms with Gasteiger partial charge in [-0.15, -0.1) is 22.7 Å². The van der Waals surface area contributed by atoms with Gasteiger partial charge in [0.15, 0.2) is 0 Å². The average molecular weight is 996 g/mol. The highest BCUT2D eigenvalue weighted by Gasteiger charge is 2.48. The van der Waals surface area contributed by atoms with Gasteiger partial charge >= 0.3 is 0 Å². The van der Waals surface area contributed by atoms with E-state index in [9.17, 15) is 0 Å². The summed E-state index contributed by atoms with van der Waals surface area (Å²) < 4.78 is 2.54. The van der Waals surface area contributed by atoms with Crippen LogP contribution in [0.5, 0.6) is 0 Å². The monoisotopic (exact) mass is 995 g/mol. The molecule has 4 aliphatic rings. The van der Waals surface area contributed by atoms with Crippen molar-refractivity contribution in [3.8, 4) is 5.69 Å². The second-order valence-electron chi connectivity index (χ2n) is 20.5. The Morgan fingerprint density at radius 2 is 0.627 bits per heavy atom. The molecule has 0 unspecified atom stereocenters. The Labute approximate surface area is 445 Å². The molecule has 0 spiro atoms. The number of rotatable bonds is 5. The van der Waals surface area contributed by atoms with Gasteiger partial charge in [-0.1, -0.05) is 115 Å². The lowest BCUT2D eigenvalue weighted by atomic mass is 9.33. The maximum absolute atomic E-state index is 2.61. The molecule has 0 saturated heterocycles. The van der Waals surface area contributed by atoms with Gasteiger partial charge in [0.25, 0.3) is 13.4 Å². The quantitative estimate of drug-likeness (QED) is 0.160. The first-order valence-corrected chi connectivity index (χ1v) is 27.6. The van der Waals surface area contributed by atoms with E-state index in [0.29, 0.717) is 0 Å². The molecule has 75 heavy (non-hydrogen) atoms. The van der Waals surface area contributed by atoms with Crippen LogP contribution in [0, 0.1) is 27.7 Å². The molecule has 4 aliphatic heterocycles. The molecular formula is C66H47B2N5S2. The molecule has 3 aromatic heterocycles. The molecule has 7 heterocycles. The summed E-state index contributed by atoms with van der Waals surface area (Å²) >= 11 is 3.85. The highest BCUT2D eigenvalue weighted by molar-refractivity contribution is 7.21. The van der Waals surface area contributed by atoms with E-state index in [1.807, 2.05) is 22.7 Å². The summed E-state index contributed by atoms with van der Waals surface area (Å²) in [6.07, 6.45) is 0. The number of nitrogens with zero attached hydrogens (tertiary/aromatic N) is 5. The third kappa shape index (κ3) is 5.91. The van der Waals surface area contributed by atoms with Crippen molar-refractivity contribution in [1.29, 1.82) is 0 Å². The normalized spacial score (nSPS) is 13.7. The Kier molecular flexibility index (Phi) is 9.17. The molecule has 0 N–H and O–H groups in total. The number of benzene rings is 9. The highest BCUT2D eigenvalue weighted by atomic mass is 32.1. The number of fused-ring (bicyclic) bond motifs is 11. The lowest BCUT2D eigenvalue weighted by molar-refractivity contribution is 1.17. The molecule has 0 amide bonds. The summed E-state index contributed by atoms with van der Waals surface area (Å²) in [6.45, 7) is 9.34. The molecule has 16 rings (SSSR count). The molecule has 5 nitrogen and oxygen atoms in total. The van der Waals surface area contributed by atoms with E-state index in [1.165, 1.54) is 131 Å². The second kappa shape index (κ2) is 16.0. The van der Waals surface area contributed by atoms with Crippen LogP contribution in [0.15, 0.2) is 212 Å². The largest absolute Gasteiger partial charge is 0.311 e. The summed E-state index contributed by atoms with van der Waals surface area (Å²) in [4.78, 5) is 12.9. The Morgan fingerprint density at radius 3 is 0.987 bits per heavy atom.